The van der Waals surface area contributed by atoms with E-state index in [0.717, 1.165) is 38.1 Å². The van der Waals surface area contributed by atoms with Crippen LogP contribution < -0.4 is 10.6 Å². The summed E-state index contributed by atoms with van der Waals surface area (Å²) in [4.78, 5) is 3.94. The van der Waals surface area contributed by atoms with E-state index in [2.05, 4.69) is 22.5 Å². The van der Waals surface area contributed by atoms with Crippen LogP contribution in [0.25, 0.3) is 0 Å². The molecule has 0 amide bonds. The van der Waals surface area contributed by atoms with E-state index < -0.39 is 11.7 Å². The van der Waals surface area contributed by atoms with E-state index in [1.54, 1.807) is 0 Å². The molecule has 0 radical (unpaired) electrons. The van der Waals surface area contributed by atoms with Crippen molar-refractivity contribution < 1.29 is 13.2 Å². The summed E-state index contributed by atoms with van der Waals surface area (Å²) in [6.45, 7) is 4.69. The third-order valence-electron chi connectivity index (χ3n) is 3.59. The summed E-state index contributed by atoms with van der Waals surface area (Å²) >= 11 is 0. The van der Waals surface area contributed by atoms with Crippen LogP contribution in [-0.2, 0) is 6.18 Å². The molecular formula is C13H18F3N3. The molecule has 106 valence electrons. The Bertz CT molecular complexity index is 425. The van der Waals surface area contributed by atoms with Gasteiger partial charge in [-0.25, -0.2) is 4.98 Å². The number of alkyl halides is 3. The van der Waals surface area contributed by atoms with Crippen molar-refractivity contribution in [2.45, 2.75) is 25.9 Å². The largest absolute Gasteiger partial charge is 0.416 e. The van der Waals surface area contributed by atoms with E-state index in [1.165, 1.54) is 6.20 Å². The Balaban J connectivity index is 1.99. The van der Waals surface area contributed by atoms with Gasteiger partial charge in [-0.3, -0.25) is 0 Å². The molecule has 6 heteroatoms. The fourth-order valence-corrected chi connectivity index (χ4v) is 2.21. The lowest BCUT2D eigenvalue weighted by Crippen LogP contribution is -2.39. The van der Waals surface area contributed by atoms with Crippen LogP contribution in [0.1, 0.15) is 25.3 Å². The zero-order valence-corrected chi connectivity index (χ0v) is 10.8. The Morgan fingerprint density at radius 3 is 2.68 bits per heavy atom. The number of halogens is 3. The van der Waals surface area contributed by atoms with Gasteiger partial charge in [-0.2, -0.15) is 13.2 Å². The van der Waals surface area contributed by atoms with E-state index >= 15 is 0 Å². The molecule has 19 heavy (non-hydrogen) atoms. The maximum absolute atomic E-state index is 12.6. The van der Waals surface area contributed by atoms with E-state index in [0.29, 0.717) is 6.54 Å². The van der Waals surface area contributed by atoms with Gasteiger partial charge in [0, 0.05) is 12.7 Å². The second kappa shape index (κ2) is 5.36. The number of pyridine rings is 1. The minimum atomic E-state index is -4.32. The third kappa shape index (κ3) is 3.83. The molecule has 2 rings (SSSR count). The summed E-state index contributed by atoms with van der Waals surface area (Å²) in [6.07, 6.45) is -1.11. The Morgan fingerprint density at radius 2 is 2.05 bits per heavy atom. The van der Waals surface area contributed by atoms with E-state index in [4.69, 9.17) is 0 Å². The number of hydrogen-bond donors (Lipinski definition) is 2. The van der Waals surface area contributed by atoms with Crippen LogP contribution in [0.4, 0.5) is 19.0 Å². The molecule has 0 unspecified atom stereocenters. The predicted octanol–water partition coefficient (Wildman–Crippen LogP) is 2.90. The topological polar surface area (TPSA) is 37.0 Å². The van der Waals surface area contributed by atoms with Crippen LogP contribution in [0.5, 0.6) is 0 Å². The molecule has 2 N–H and O–H groups in total. The quantitative estimate of drug-likeness (QED) is 0.889. The fourth-order valence-electron chi connectivity index (χ4n) is 2.21. The van der Waals surface area contributed by atoms with E-state index in [9.17, 15) is 13.2 Å². The highest BCUT2D eigenvalue weighted by Gasteiger charge is 2.31. The highest BCUT2D eigenvalue weighted by Crippen LogP contribution is 2.31. The van der Waals surface area contributed by atoms with Crippen molar-refractivity contribution >= 4 is 5.82 Å². The Kier molecular flexibility index (Phi) is 3.99. The van der Waals surface area contributed by atoms with Gasteiger partial charge in [0.25, 0.3) is 0 Å². The molecule has 1 aliphatic heterocycles. The Morgan fingerprint density at radius 1 is 1.37 bits per heavy atom. The Hall–Kier alpha value is -1.30. The van der Waals surface area contributed by atoms with Crippen molar-refractivity contribution in [3.8, 4) is 0 Å². The summed E-state index contributed by atoms with van der Waals surface area (Å²) in [5.74, 6) is 0.287. The first-order valence-corrected chi connectivity index (χ1v) is 6.37. The molecule has 1 aliphatic rings. The summed E-state index contributed by atoms with van der Waals surface area (Å²) in [7, 11) is 0. The van der Waals surface area contributed by atoms with Crippen LogP contribution >= 0.6 is 0 Å². The zero-order valence-electron chi connectivity index (χ0n) is 10.8. The number of piperidine rings is 1. The molecule has 0 aliphatic carbocycles. The zero-order chi connectivity index (χ0) is 13.9. The molecule has 1 aromatic heterocycles. The fraction of sp³-hybridized carbons (Fsp3) is 0.615. The predicted molar refractivity (Wildman–Crippen MR) is 67.9 cm³/mol. The maximum atomic E-state index is 12.6. The summed E-state index contributed by atoms with van der Waals surface area (Å²) < 4.78 is 37.7. The first-order valence-electron chi connectivity index (χ1n) is 6.37. The number of hydrogen-bond acceptors (Lipinski definition) is 3. The monoisotopic (exact) mass is 273 g/mol. The van der Waals surface area contributed by atoms with E-state index in [1.807, 2.05) is 0 Å². The maximum Gasteiger partial charge on any atom is 0.416 e. The standard InChI is InChI=1S/C13H18F3N3/c1-12(3-6-17-7-4-12)9-19-11-8-10(2-5-18-11)13(14,15)16/h2,5,8,17H,3-4,6-7,9H2,1H3,(H,18,19). The molecule has 0 aromatic carbocycles. The lowest BCUT2D eigenvalue weighted by atomic mass is 9.81. The van der Waals surface area contributed by atoms with E-state index in [-0.39, 0.29) is 11.2 Å². The number of aromatic nitrogens is 1. The van der Waals surface area contributed by atoms with Crippen molar-refractivity contribution in [2.24, 2.45) is 5.41 Å². The van der Waals surface area contributed by atoms with Gasteiger partial charge in [0.05, 0.1) is 5.56 Å². The average Bonchev–Trinajstić information content (AvgIpc) is 2.37. The molecule has 1 fully saturated rings. The van der Waals surface area contributed by atoms with Gasteiger partial charge < -0.3 is 10.6 Å². The molecule has 1 saturated heterocycles. The molecule has 2 heterocycles. The van der Waals surface area contributed by atoms with Crippen molar-refractivity contribution in [1.82, 2.24) is 10.3 Å². The first-order chi connectivity index (χ1) is 8.89. The third-order valence-corrected chi connectivity index (χ3v) is 3.59. The van der Waals surface area contributed by atoms with Gasteiger partial charge in [-0.1, -0.05) is 6.92 Å². The van der Waals surface area contributed by atoms with Gasteiger partial charge >= 0.3 is 6.18 Å². The first kappa shape index (κ1) is 14.1. The SMILES string of the molecule is CC1(CNc2cc(C(F)(F)F)ccn2)CCNCC1. The average molecular weight is 273 g/mol. The van der Waals surface area contributed by atoms with Gasteiger partial charge in [0.2, 0.25) is 0 Å². The van der Waals surface area contributed by atoms with Crippen molar-refractivity contribution in [2.75, 3.05) is 25.0 Å². The van der Waals surface area contributed by atoms with Gasteiger partial charge in [0.1, 0.15) is 5.82 Å². The second-order valence-electron chi connectivity index (χ2n) is 5.34. The molecule has 0 bridgehead atoms. The lowest BCUT2D eigenvalue weighted by molar-refractivity contribution is -0.137. The number of rotatable bonds is 3. The lowest BCUT2D eigenvalue weighted by Gasteiger charge is -2.34. The highest BCUT2D eigenvalue weighted by atomic mass is 19.4. The summed E-state index contributed by atoms with van der Waals surface area (Å²) in [5, 5.41) is 6.30. The second-order valence-corrected chi connectivity index (χ2v) is 5.34. The van der Waals surface area contributed by atoms with Crippen molar-refractivity contribution in [3.05, 3.63) is 23.9 Å². The molecule has 3 nitrogen and oxygen atoms in total. The van der Waals surface area contributed by atoms with Crippen LogP contribution in [0.3, 0.4) is 0 Å². The van der Waals surface area contributed by atoms with Crippen LogP contribution in [0.2, 0.25) is 0 Å². The molecule has 0 saturated carbocycles. The minimum absolute atomic E-state index is 0.112. The number of anilines is 1. The minimum Gasteiger partial charge on any atom is -0.370 e. The van der Waals surface area contributed by atoms with Crippen LogP contribution in [0, 0.1) is 5.41 Å². The molecule has 0 spiro atoms. The normalized spacial score (nSPS) is 19.2. The molecule has 0 atom stereocenters. The van der Waals surface area contributed by atoms with Gasteiger partial charge in [-0.15, -0.1) is 0 Å². The Labute approximate surface area is 110 Å². The summed E-state index contributed by atoms with van der Waals surface area (Å²) in [6, 6.07) is 2.04. The highest BCUT2D eigenvalue weighted by molar-refractivity contribution is 5.38. The summed E-state index contributed by atoms with van der Waals surface area (Å²) in [5.41, 5.74) is -0.554. The molecular weight excluding hydrogens is 255 g/mol. The number of nitrogens with zero attached hydrogens (tertiary/aromatic N) is 1. The molecule has 1 aromatic rings. The van der Waals surface area contributed by atoms with Crippen LogP contribution in [-0.4, -0.2) is 24.6 Å². The van der Waals surface area contributed by atoms with Crippen LogP contribution in [0.15, 0.2) is 18.3 Å². The van der Waals surface area contributed by atoms with Crippen molar-refractivity contribution in [1.29, 1.82) is 0 Å². The van der Waals surface area contributed by atoms with Gasteiger partial charge in [0.15, 0.2) is 0 Å². The van der Waals surface area contributed by atoms with Crippen molar-refractivity contribution in [3.63, 3.8) is 0 Å². The van der Waals surface area contributed by atoms with Gasteiger partial charge in [-0.05, 0) is 43.5 Å². The smallest absolute Gasteiger partial charge is 0.370 e. The number of nitrogens with one attached hydrogen (secondary N) is 2.